The fourth-order valence-electron chi connectivity index (χ4n) is 13.7. The van der Waals surface area contributed by atoms with E-state index in [1.165, 1.54) is 67.1 Å². The van der Waals surface area contributed by atoms with E-state index in [4.69, 9.17) is 0 Å². The predicted molar refractivity (Wildman–Crippen MR) is 463 cm³/mol. The van der Waals surface area contributed by atoms with Crippen LogP contribution in [0.15, 0.2) is 311 Å². The minimum Gasteiger partial charge on any atom is -0.340 e. The summed E-state index contributed by atoms with van der Waals surface area (Å²) in [6, 6.07) is 106. The molecule has 0 saturated carbocycles. The monoisotopic (exact) mass is 2050 g/mol. The number of rotatable bonds is 18. The molecule has 0 aliphatic carbocycles. The quantitative estimate of drug-likeness (QED) is 0.0795. The molecule has 9 aromatic carbocycles. The second-order valence-electron chi connectivity index (χ2n) is 31.0. The molecule has 115 heavy (non-hydrogen) atoms. The number of imidazole rings is 3. The number of pyridine rings is 3. The molecule has 0 unspecified atom stereocenters. The fraction of sp³-hybridized carbons (Fsp3) is 0.243. The van der Waals surface area contributed by atoms with Crippen LogP contribution in [0.1, 0.15) is 176 Å². The first-order chi connectivity index (χ1) is 54.1. The van der Waals surface area contributed by atoms with E-state index in [9.17, 15) is 0 Å². The molecule has 15 rings (SSSR count). The molecule has 6 aromatic heterocycles. The largest absolute Gasteiger partial charge is 0.340 e. The summed E-state index contributed by atoms with van der Waals surface area (Å²) in [6.07, 6.45) is 19.4. The second kappa shape index (κ2) is 44.8. The second-order valence-corrected chi connectivity index (χ2v) is 31.0. The van der Waals surface area contributed by atoms with Crippen molar-refractivity contribution in [2.45, 2.75) is 152 Å². The molecule has 0 fully saturated rings. The van der Waals surface area contributed by atoms with Gasteiger partial charge in [0.25, 0.3) is 0 Å². The third kappa shape index (κ3) is 24.5. The van der Waals surface area contributed by atoms with Gasteiger partial charge in [0.2, 0.25) is 0 Å². The minimum atomic E-state index is -0.0808. The number of para-hydroxylation sites is 3. The van der Waals surface area contributed by atoms with E-state index < -0.39 is 0 Å². The first kappa shape index (κ1) is 92.2. The Morgan fingerprint density at radius 3 is 0.852 bits per heavy atom. The molecule has 9 nitrogen and oxygen atoms in total. The summed E-state index contributed by atoms with van der Waals surface area (Å²) in [5.74, 6) is 4.98. The maximum Gasteiger partial charge on any atom is 0.0602 e. The van der Waals surface area contributed by atoms with Gasteiger partial charge >= 0.3 is 0 Å². The van der Waals surface area contributed by atoms with E-state index in [-0.39, 0.29) is 76.6 Å². The Balaban J connectivity index is 0.000000192. The zero-order valence-corrected chi connectivity index (χ0v) is 76.4. The van der Waals surface area contributed by atoms with Gasteiger partial charge in [-0.1, -0.05) is 170 Å². The zero-order valence-electron chi connectivity index (χ0n) is 69.2. The van der Waals surface area contributed by atoms with Crippen molar-refractivity contribution in [3.8, 4) is 51.2 Å². The maximum atomic E-state index is 4.64. The van der Waals surface area contributed by atoms with Crippen LogP contribution in [0.4, 0.5) is 0 Å². The average molecular weight is 2050 g/mol. The van der Waals surface area contributed by atoms with Gasteiger partial charge in [0, 0.05) is 166 Å². The van der Waals surface area contributed by atoms with E-state index in [0.717, 1.165) is 64.1 Å². The van der Waals surface area contributed by atoms with Crippen molar-refractivity contribution < 1.29 is 60.3 Å². The van der Waals surface area contributed by atoms with Gasteiger partial charge in [-0.2, -0.15) is 108 Å². The molecule has 0 bridgehead atoms. The smallest absolute Gasteiger partial charge is 0.0602 e. The summed E-state index contributed by atoms with van der Waals surface area (Å²) in [4.78, 5) is 26.9. The van der Waals surface area contributed by atoms with Crippen molar-refractivity contribution in [2.24, 2.45) is 11.8 Å². The third-order valence-electron chi connectivity index (χ3n) is 19.8. The summed E-state index contributed by atoms with van der Waals surface area (Å²) >= 11 is 0. The van der Waals surface area contributed by atoms with Crippen molar-refractivity contribution in [1.29, 1.82) is 0 Å². The molecule has 0 amide bonds. The van der Waals surface area contributed by atoms with Crippen LogP contribution < -0.4 is 0 Å². The van der Waals surface area contributed by atoms with Crippen LogP contribution in [0.5, 0.6) is 0 Å². The summed E-state index contributed by atoms with van der Waals surface area (Å²) in [6.45, 7) is 35.3. The zero-order chi connectivity index (χ0) is 79.6. The number of aryl methyl sites for hydroxylation is 2. The Morgan fingerprint density at radius 1 is 0.287 bits per heavy atom. The summed E-state index contributed by atoms with van der Waals surface area (Å²) in [5.41, 5.74) is 21.3. The van der Waals surface area contributed by atoms with E-state index >= 15 is 0 Å². The van der Waals surface area contributed by atoms with E-state index in [1.54, 1.807) is 0 Å². The molecular weight excluding hydrogens is 1940 g/mol. The Hall–Kier alpha value is -9.99. The number of hydrogen-bond donors (Lipinski definition) is 0. The van der Waals surface area contributed by atoms with Crippen LogP contribution in [-0.2, 0) is 89.4 Å². The molecule has 0 aliphatic heterocycles. The molecule has 0 atom stereocenters. The van der Waals surface area contributed by atoms with Crippen LogP contribution in [0, 0.1) is 62.1 Å². The van der Waals surface area contributed by atoms with Crippen molar-refractivity contribution >= 4 is 0 Å². The van der Waals surface area contributed by atoms with Crippen LogP contribution in [0.3, 0.4) is 0 Å². The maximum absolute atomic E-state index is 4.64. The third-order valence-corrected chi connectivity index (χ3v) is 19.8. The standard InChI is InChI=1S/C23H27N2.C21H23N2.C17H15N2.3C14H14N.3Ir/c1-17(2)15-20-11-8-12-21(16-18(3)4)22(20)25-14-13-24-23(25)19-9-6-5-7-10-19;1-15(2)18-11-8-12-19(16(3)4)20(18)23-14-13-22-21(23)17-9-6-5-7-10-17;1-13-7-6-8-14(2)16(13)19-12-11-18-17(19)15-9-4-3-5-10-15;3*1-14(2,12-8-4-3-5-9-12)13-10-6-7-11-15-13;;;/h5-9,11-14,17-18H,15-16H2,1-4H3;5-9,11-16H,1-4H3;3-9,11-12H,1-2H3;3*3-8,10-11H,1-2H3;;;/q6*-1;;;. The Labute approximate surface area is 726 Å². The van der Waals surface area contributed by atoms with Gasteiger partial charge in [0.15, 0.2) is 0 Å². The van der Waals surface area contributed by atoms with Gasteiger partial charge in [-0.3, -0.25) is 29.9 Å². The van der Waals surface area contributed by atoms with Crippen LogP contribution >= 0.6 is 0 Å². The normalized spacial score (nSPS) is 11.0. The van der Waals surface area contributed by atoms with Gasteiger partial charge in [-0.05, 0) is 120 Å². The summed E-state index contributed by atoms with van der Waals surface area (Å²) < 4.78 is 6.61. The average Bonchev–Trinajstić information content (AvgIpc) is 1.68. The number of benzene rings is 9. The molecule has 597 valence electrons. The van der Waals surface area contributed by atoms with Crippen LogP contribution in [-0.4, -0.2) is 43.6 Å². The minimum absolute atomic E-state index is 0. The molecule has 0 spiro atoms. The molecule has 6 heterocycles. The van der Waals surface area contributed by atoms with E-state index in [1.807, 2.05) is 195 Å². The van der Waals surface area contributed by atoms with E-state index in [0.29, 0.717) is 23.7 Å². The Bertz CT molecular complexity index is 4850. The van der Waals surface area contributed by atoms with Crippen LogP contribution in [0.25, 0.3) is 51.2 Å². The first-order valence-electron chi connectivity index (χ1n) is 39.0. The molecule has 0 saturated heterocycles. The topological polar surface area (TPSA) is 92.1 Å². The summed E-state index contributed by atoms with van der Waals surface area (Å²) in [5, 5.41) is 0. The van der Waals surface area contributed by atoms with E-state index in [2.05, 4.69) is 306 Å². The predicted octanol–water partition coefficient (Wildman–Crippen LogP) is 24.9. The Kier molecular flexibility index (Phi) is 35.9. The van der Waals surface area contributed by atoms with Crippen molar-refractivity contribution in [3.05, 3.63) is 414 Å². The molecule has 15 aromatic rings. The van der Waals surface area contributed by atoms with Crippen molar-refractivity contribution in [2.75, 3.05) is 0 Å². The summed E-state index contributed by atoms with van der Waals surface area (Å²) in [7, 11) is 0. The van der Waals surface area contributed by atoms with Gasteiger partial charge in [-0.25, -0.2) is 0 Å². The molecular formula is C103H107Ir3N9-6. The van der Waals surface area contributed by atoms with Crippen LogP contribution in [0.2, 0.25) is 0 Å². The van der Waals surface area contributed by atoms with Gasteiger partial charge in [0.1, 0.15) is 0 Å². The molecule has 0 aliphatic rings. The molecule has 12 heteroatoms. The number of hydrogen-bond acceptors (Lipinski definition) is 6. The number of nitrogens with zero attached hydrogens (tertiary/aromatic N) is 9. The van der Waals surface area contributed by atoms with Gasteiger partial charge in [-0.15, -0.1) is 108 Å². The first-order valence-corrected chi connectivity index (χ1v) is 39.0. The number of aromatic nitrogens is 9. The Morgan fingerprint density at radius 2 is 0.574 bits per heavy atom. The molecule has 3 radical (unpaired) electrons. The van der Waals surface area contributed by atoms with Gasteiger partial charge in [0.05, 0.1) is 17.5 Å². The van der Waals surface area contributed by atoms with Crippen molar-refractivity contribution in [1.82, 2.24) is 43.6 Å². The van der Waals surface area contributed by atoms with Crippen molar-refractivity contribution in [3.63, 3.8) is 0 Å². The molecule has 0 N–H and O–H groups in total. The fourth-order valence-corrected chi connectivity index (χ4v) is 13.7. The SMILES string of the molecule is CC(C)(c1[c-]cccc1)c1ccccn1.CC(C)(c1[c-]cccc1)c1ccccn1.CC(C)(c1[c-]cccc1)c1ccccn1.CC(C)Cc1cccc(CC(C)C)c1-n1ccnc1-c1[c-]cccc1.CC(C)c1cccc(C(C)C)c1-n1ccnc1-c1[c-]cccc1.Cc1cccc(C)c1-n1ccnc1-c1[c-]cccc1.[Ir].[Ir].[Ir]. The van der Waals surface area contributed by atoms with Gasteiger partial charge < -0.3 is 13.7 Å².